The molecule has 2 saturated heterocycles. The number of nitrogens with zero attached hydrogens (tertiary/aromatic N) is 2. The number of alkyl halides is 3. The molecule has 2 aliphatic rings. The van der Waals surface area contributed by atoms with Gasteiger partial charge in [-0.1, -0.05) is 18.2 Å². The van der Waals surface area contributed by atoms with Crippen LogP contribution in [-0.2, 0) is 9.53 Å². The highest BCUT2D eigenvalue weighted by Gasteiger charge is 2.44. The van der Waals surface area contributed by atoms with Crippen LogP contribution in [0.2, 0.25) is 0 Å². The molecule has 2 fully saturated rings. The van der Waals surface area contributed by atoms with Crippen molar-refractivity contribution in [3.63, 3.8) is 0 Å². The molecule has 0 aliphatic carbocycles. The van der Waals surface area contributed by atoms with E-state index in [0.717, 1.165) is 19.3 Å². The second kappa shape index (κ2) is 10.2. The molecule has 1 aromatic heterocycles. The van der Waals surface area contributed by atoms with Gasteiger partial charge in [0.1, 0.15) is 11.9 Å². The summed E-state index contributed by atoms with van der Waals surface area (Å²) in [6.07, 6.45) is -1.16. The van der Waals surface area contributed by atoms with E-state index in [-0.39, 0.29) is 23.2 Å². The van der Waals surface area contributed by atoms with E-state index in [9.17, 15) is 22.4 Å². The maximum absolute atomic E-state index is 13.9. The molecule has 4 rings (SSSR count). The average molecular weight is 470 g/mol. The zero-order valence-corrected chi connectivity index (χ0v) is 17.4. The Labute approximate surface area is 186 Å². The van der Waals surface area contributed by atoms with Crippen molar-refractivity contribution in [3.05, 3.63) is 60.0 Å². The van der Waals surface area contributed by atoms with Crippen molar-refractivity contribution in [1.29, 1.82) is 0 Å². The summed E-state index contributed by atoms with van der Waals surface area (Å²) >= 11 is 0. The lowest BCUT2D eigenvalue weighted by Gasteiger charge is -2.38. The summed E-state index contributed by atoms with van der Waals surface area (Å²) in [6, 6.07) is 11.7. The van der Waals surface area contributed by atoms with Crippen molar-refractivity contribution >= 4 is 11.9 Å². The number of carbonyl (C=O) groups is 2. The van der Waals surface area contributed by atoms with Gasteiger partial charge in [-0.15, -0.1) is 0 Å². The summed E-state index contributed by atoms with van der Waals surface area (Å²) in [4.78, 5) is 27.3. The second-order valence-corrected chi connectivity index (χ2v) is 7.68. The van der Waals surface area contributed by atoms with Crippen molar-refractivity contribution < 1.29 is 41.7 Å². The third-order valence-electron chi connectivity index (χ3n) is 5.41. The van der Waals surface area contributed by atoms with Crippen LogP contribution in [0.4, 0.5) is 17.6 Å². The van der Waals surface area contributed by atoms with Crippen LogP contribution < -0.4 is 4.74 Å². The van der Waals surface area contributed by atoms with E-state index in [1.54, 1.807) is 23.2 Å². The number of amides is 1. The molecule has 2 aliphatic heterocycles. The summed E-state index contributed by atoms with van der Waals surface area (Å²) < 4.78 is 57.5. The standard InChI is InChI=1S/C20H21FN2O3.C2HF3O2/c21-17-6-2-1-5-16(17)19(24)23-11-8-20(9-12-23)13-15(14-25-20)26-18-7-3-4-10-22-18;3-2(4,5)1(6)7/h1-7,10,15H,8-9,11-14H2;(H,6,7). The maximum Gasteiger partial charge on any atom is 0.490 e. The largest absolute Gasteiger partial charge is 0.490 e. The highest BCUT2D eigenvalue weighted by Crippen LogP contribution is 2.37. The number of pyridine rings is 1. The normalized spacial score (nSPS) is 19.5. The number of rotatable bonds is 3. The first kappa shape index (κ1) is 24.4. The topological polar surface area (TPSA) is 89.0 Å². The minimum absolute atomic E-state index is 0.0290. The first-order chi connectivity index (χ1) is 15.6. The predicted molar refractivity (Wildman–Crippen MR) is 107 cm³/mol. The minimum atomic E-state index is -5.08. The molecule has 1 unspecified atom stereocenters. The van der Waals surface area contributed by atoms with Gasteiger partial charge in [-0.2, -0.15) is 13.2 Å². The van der Waals surface area contributed by atoms with Crippen LogP contribution in [0.15, 0.2) is 48.7 Å². The van der Waals surface area contributed by atoms with Gasteiger partial charge >= 0.3 is 12.1 Å². The van der Waals surface area contributed by atoms with Gasteiger partial charge in [0, 0.05) is 31.8 Å². The quantitative estimate of drug-likeness (QED) is 0.689. The molecule has 1 amide bonds. The molecule has 7 nitrogen and oxygen atoms in total. The van der Waals surface area contributed by atoms with Crippen molar-refractivity contribution in [1.82, 2.24) is 9.88 Å². The summed E-state index contributed by atoms with van der Waals surface area (Å²) in [7, 11) is 0. The molecule has 33 heavy (non-hydrogen) atoms. The highest BCUT2D eigenvalue weighted by molar-refractivity contribution is 5.94. The van der Waals surface area contributed by atoms with Crippen molar-refractivity contribution in [3.8, 4) is 5.88 Å². The first-order valence-corrected chi connectivity index (χ1v) is 10.2. The summed E-state index contributed by atoms with van der Waals surface area (Å²) in [5, 5.41) is 7.12. The Morgan fingerprint density at radius 3 is 2.33 bits per heavy atom. The molecule has 1 aromatic carbocycles. The number of halogens is 4. The lowest BCUT2D eigenvalue weighted by Crippen LogP contribution is -2.46. The molecule has 178 valence electrons. The SMILES string of the molecule is O=C(O)C(F)(F)F.O=C(c1ccccc1F)N1CCC2(CC1)CC(Oc1ccccn1)CO2. The van der Waals surface area contributed by atoms with E-state index in [1.807, 2.05) is 18.2 Å². The van der Waals surface area contributed by atoms with E-state index < -0.39 is 18.0 Å². The van der Waals surface area contributed by atoms with Gasteiger partial charge in [0.25, 0.3) is 5.91 Å². The molecule has 1 N–H and O–H groups in total. The van der Waals surface area contributed by atoms with Crippen LogP contribution in [0.25, 0.3) is 0 Å². The molecular formula is C22H22F4N2O5. The molecular weight excluding hydrogens is 448 g/mol. The van der Waals surface area contributed by atoms with E-state index in [4.69, 9.17) is 19.4 Å². The van der Waals surface area contributed by atoms with E-state index in [2.05, 4.69) is 4.98 Å². The average Bonchev–Trinajstić information content (AvgIpc) is 3.16. The molecule has 3 heterocycles. The van der Waals surface area contributed by atoms with Crippen LogP contribution in [0.3, 0.4) is 0 Å². The Kier molecular flexibility index (Phi) is 7.52. The smallest absolute Gasteiger partial charge is 0.475 e. The Hall–Kier alpha value is -3.21. The number of hydrogen-bond acceptors (Lipinski definition) is 5. The molecule has 1 atom stereocenters. The number of carboxylic acids is 1. The number of piperidine rings is 1. The monoisotopic (exact) mass is 470 g/mol. The fraction of sp³-hybridized carbons (Fsp3) is 0.409. The molecule has 0 saturated carbocycles. The molecule has 1 spiro atoms. The molecule has 0 radical (unpaired) electrons. The fourth-order valence-electron chi connectivity index (χ4n) is 3.74. The van der Waals surface area contributed by atoms with Gasteiger partial charge in [0.2, 0.25) is 5.88 Å². The number of carboxylic acid groups (broad SMARTS) is 1. The summed E-state index contributed by atoms with van der Waals surface area (Å²) in [6.45, 7) is 1.64. The Morgan fingerprint density at radius 1 is 1.12 bits per heavy atom. The van der Waals surface area contributed by atoms with Crippen LogP contribution in [-0.4, -0.2) is 64.4 Å². The maximum atomic E-state index is 13.9. The van der Waals surface area contributed by atoms with Crippen molar-refractivity contribution in [2.75, 3.05) is 19.7 Å². The number of aromatic nitrogens is 1. The number of benzene rings is 1. The van der Waals surface area contributed by atoms with E-state index in [0.29, 0.717) is 25.6 Å². The molecule has 11 heteroatoms. The Bertz CT molecular complexity index is 963. The number of ether oxygens (including phenoxy) is 2. The van der Waals surface area contributed by atoms with Gasteiger partial charge in [-0.3, -0.25) is 4.79 Å². The van der Waals surface area contributed by atoms with Crippen molar-refractivity contribution in [2.45, 2.75) is 37.1 Å². The lowest BCUT2D eigenvalue weighted by atomic mass is 9.87. The number of likely N-dealkylation sites (tertiary alicyclic amines) is 1. The zero-order valence-electron chi connectivity index (χ0n) is 17.4. The molecule has 0 bridgehead atoms. The first-order valence-electron chi connectivity index (χ1n) is 10.2. The fourth-order valence-corrected chi connectivity index (χ4v) is 3.74. The molecule has 2 aromatic rings. The number of aliphatic carboxylic acids is 1. The van der Waals surface area contributed by atoms with Crippen LogP contribution in [0.1, 0.15) is 29.6 Å². The summed E-state index contributed by atoms with van der Waals surface area (Å²) in [5.74, 6) is -2.88. The number of carbonyl (C=O) groups excluding carboxylic acids is 1. The van der Waals surface area contributed by atoms with Crippen LogP contribution in [0.5, 0.6) is 5.88 Å². The van der Waals surface area contributed by atoms with Gasteiger partial charge in [-0.25, -0.2) is 14.2 Å². The van der Waals surface area contributed by atoms with Crippen LogP contribution >= 0.6 is 0 Å². The number of hydrogen-bond donors (Lipinski definition) is 1. The second-order valence-electron chi connectivity index (χ2n) is 7.68. The van der Waals surface area contributed by atoms with Crippen LogP contribution in [0, 0.1) is 5.82 Å². The highest BCUT2D eigenvalue weighted by atomic mass is 19.4. The summed E-state index contributed by atoms with van der Waals surface area (Å²) in [5.41, 5.74) is -0.127. The van der Waals surface area contributed by atoms with Crippen molar-refractivity contribution in [2.24, 2.45) is 0 Å². The minimum Gasteiger partial charge on any atom is -0.475 e. The van der Waals surface area contributed by atoms with Gasteiger partial charge in [0.15, 0.2) is 0 Å². The van der Waals surface area contributed by atoms with E-state index >= 15 is 0 Å². The predicted octanol–water partition coefficient (Wildman–Crippen LogP) is 3.70. The van der Waals surface area contributed by atoms with Gasteiger partial charge < -0.3 is 19.5 Å². The Balaban J connectivity index is 0.000000383. The third-order valence-corrected chi connectivity index (χ3v) is 5.41. The lowest BCUT2D eigenvalue weighted by molar-refractivity contribution is -0.192. The zero-order chi connectivity index (χ0) is 24.1. The van der Waals surface area contributed by atoms with E-state index in [1.165, 1.54) is 12.1 Å². The van der Waals surface area contributed by atoms with Gasteiger partial charge in [0.05, 0.1) is 17.8 Å². The third kappa shape index (κ3) is 6.41. The Morgan fingerprint density at radius 2 is 1.76 bits per heavy atom. The van der Waals surface area contributed by atoms with Gasteiger partial charge in [-0.05, 0) is 31.0 Å².